The van der Waals surface area contributed by atoms with Crippen LogP contribution in [-0.4, -0.2) is 23.0 Å². The molecule has 18 heavy (non-hydrogen) atoms. The number of thiazole rings is 1. The summed E-state index contributed by atoms with van der Waals surface area (Å²) in [4.78, 5) is 4.70. The zero-order valence-electron chi connectivity index (χ0n) is 10.6. The lowest BCUT2D eigenvalue weighted by Crippen LogP contribution is -2.18. The minimum absolute atomic E-state index is 0.833. The van der Waals surface area contributed by atoms with E-state index in [0.29, 0.717) is 0 Å². The molecule has 0 radical (unpaired) electrons. The van der Waals surface area contributed by atoms with Gasteiger partial charge in [-0.15, -0.1) is 0 Å². The van der Waals surface area contributed by atoms with Crippen molar-refractivity contribution in [1.82, 2.24) is 4.98 Å². The number of thioether (sulfide) groups is 1. The molecule has 0 amide bonds. The van der Waals surface area contributed by atoms with Crippen molar-refractivity contribution in [3.63, 3.8) is 0 Å². The molecule has 0 unspecified atom stereocenters. The van der Waals surface area contributed by atoms with Gasteiger partial charge in [0.2, 0.25) is 0 Å². The first kappa shape index (κ1) is 12.3. The number of nitrogens with zero attached hydrogens (tertiary/aromatic N) is 1. The van der Waals surface area contributed by atoms with E-state index in [0.717, 1.165) is 23.1 Å². The van der Waals surface area contributed by atoms with Gasteiger partial charge in [-0.1, -0.05) is 23.5 Å². The second-order valence-electron chi connectivity index (χ2n) is 4.88. The lowest BCUT2D eigenvalue weighted by molar-refractivity contribution is 0.516. The van der Waals surface area contributed by atoms with Crippen molar-refractivity contribution in [1.29, 1.82) is 0 Å². The summed E-state index contributed by atoms with van der Waals surface area (Å²) >= 11 is 3.86. The number of hydrogen-bond acceptors (Lipinski definition) is 4. The molecule has 2 nitrogen and oxygen atoms in total. The van der Waals surface area contributed by atoms with Gasteiger partial charge in [0, 0.05) is 6.54 Å². The number of para-hydroxylation sites is 1. The Kier molecular flexibility index (Phi) is 3.75. The maximum atomic E-state index is 4.70. The fourth-order valence-corrected chi connectivity index (χ4v) is 4.50. The number of hydrogen-bond donors (Lipinski definition) is 1. The Hall–Kier alpha value is -0.740. The Labute approximate surface area is 116 Å². The SMILES string of the molecule is Cc1cccc2sc(NCC3CCSCC3)nc12. The monoisotopic (exact) mass is 278 g/mol. The fraction of sp³-hybridized carbons (Fsp3) is 0.500. The average Bonchev–Trinajstić information content (AvgIpc) is 2.82. The second kappa shape index (κ2) is 5.49. The number of nitrogens with one attached hydrogen (secondary N) is 1. The summed E-state index contributed by atoms with van der Waals surface area (Å²) in [6.45, 7) is 3.21. The molecule has 1 saturated heterocycles. The van der Waals surface area contributed by atoms with Gasteiger partial charge in [-0.2, -0.15) is 11.8 Å². The average molecular weight is 278 g/mol. The number of benzene rings is 1. The molecule has 96 valence electrons. The van der Waals surface area contributed by atoms with Gasteiger partial charge in [-0.25, -0.2) is 4.98 Å². The highest BCUT2D eigenvalue weighted by Crippen LogP contribution is 2.29. The Morgan fingerprint density at radius 2 is 2.17 bits per heavy atom. The van der Waals surface area contributed by atoms with Gasteiger partial charge >= 0.3 is 0 Å². The molecule has 3 rings (SSSR count). The first-order valence-electron chi connectivity index (χ1n) is 6.51. The Morgan fingerprint density at radius 3 is 2.94 bits per heavy atom. The largest absolute Gasteiger partial charge is 0.361 e. The minimum Gasteiger partial charge on any atom is -0.361 e. The highest BCUT2D eigenvalue weighted by atomic mass is 32.2. The van der Waals surface area contributed by atoms with Crippen molar-refractivity contribution >= 4 is 38.4 Å². The first-order valence-corrected chi connectivity index (χ1v) is 8.48. The number of aryl methyl sites for hydroxylation is 1. The standard InChI is InChI=1S/C14H18N2S2/c1-10-3-2-4-12-13(10)16-14(18-12)15-9-11-5-7-17-8-6-11/h2-4,11H,5-9H2,1H3,(H,15,16). The molecular weight excluding hydrogens is 260 g/mol. The van der Waals surface area contributed by atoms with Gasteiger partial charge in [-0.05, 0) is 48.8 Å². The summed E-state index contributed by atoms with van der Waals surface area (Å²) in [5, 5.41) is 4.61. The highest BCUT2D eigenvalue weighted by Gasteiger charge is 2.14. The van der Waals surface area contributed by atoms with E-state index in [1.54, 1.807) is 11.3 Å². The van der Waals surface area contributed by atoms with Gasteiger partial charge in [0.25, 0.3) is 0 Å². The molecule has 1 aromatic carbocycles. The van der Waals surface area contributed by atoms with Crippen molar-refractivity contribution in [2.45, 2.75) is 19.8 Å². The van der Waals surface area contributed by atoms with Crippen LogP contribution in [0.3, 0.4) is 0 Å². The number of anilines is 1. The third-order valence-corrected chi connectivity index (χ3v) is 5.53. The summed E-state index contributed by atoms with van der Waals surface area (Å²) in [7, 11) is 0. The molecule has 4 heteroatoms. The number of fused-ring (bicyclic) bond motifs is 1. The summed E-state index contributed by atoms with van der Waals surface area (Å²) in [5.41, 5.74) is 2.43. The van der Waals surface area contributed by atoms with Crippen molar-refractivity contribution in [3.8, 4) is 0 Å². The van der Waals surface area contributed by atoms with Gasteiger partial charge in [0.05, 0.1) is 10.2 Å². The minimum atomic E-state index is 0.833. The molecule has 1 aliphatic rings. The van der Waals surface area contributed by atoms with E-state index >= 15 is 0 Å². The van der Waals surface area contributed by atoms with Crippen molar-refractivity contribution in [2.75, 3.05) is 23.4 Å². The van der Waals surface area contributed by atoms with Gasteiger partial charge in [0.1, 0.15) is 0 Å². The van der Waals surface area contributed by atoms with Crippen molar-refractivity contribution in [3.05, 3.63) is 23.8 Å². The van der Waals surface area contributed by atoms with Crippen LogP contribution < -0.4 is 5.32 Å². The molecule has 0 aliphatic carbocycles. The van der Waals surface area contributed by atoms with E-state index < -0.39 is 0 Å². The third-order valence-electron chi connectivity index (χ3n) is 3.50. The maximum Gasteiger partial charge on any atom is 0.183 e. The van der Waals surface area contributed by atoms with Crippen LogP contribution in [0, 0.1) is 12.8 Å². The predicted octanol–water partition coefficient (Wildman–Crippen LogP) is 4.16. The van der Waals surface area contributed by atoms with Crippen LogP contribution in [0.25, 0.3) is 10.2 Å². The van der Waals surface area contributed by atoms with E-state index in [1.807, 2.05) is 0 Å². The third kappa shape index (κ3) is 2.64. The predicted molar refractivity (Wildman–Crippen MR) is 82.9 cm³/mol. The van der Waals surface area contributed by atoms with Crippen LogP contribution in [0.4, 0.5) is 5.13 Å². The van der Waals surface area contributed by atoms with Crippen LogP contribution in [0.15, 0.2) is 18.2 Å². The van der Waals surface area contributed by atoms with E-state index in [4.69, 9.17) is 4.98 Å². The van der Waals surface area contributed by atoms with Crippen molar-refractivity contribution < 1.29 is 0 Å². The van der Waals surface area contributed by atoms with Crippen LogP contribution >= 0.6 is 23.1 Å². The van der Waals surface area contributed by atoms with E-state index in [2.05, 4.69) is 42.2 Å². The highest BCUT2D eigenvalue weighted by molar-refractivity contribution is 7.99. The molecular formula is C14H18N2S2. The summed E-state index contributed by atoms with van der Waals surface area (Å²) in [5.74, 6) is 3.48. The van der Waals surface area contributed by atoms with Crippen LogP contribution in [0.2, 0.25) is 0 Å². The summed E-state index contributed by atoms with van der Waals surface area (Å²) < 4.78 is 1.29. The Balaban J connectivity index is 1.69. The molecule has 1 aromatic heterocycles. The van der Waals surface area contributed by atoms with Crippen molar-refractivity contribution in [2.24, 2.45) is 5.92 Å². The van der Waals surface area contributed by atoms with E-state index in [9.17, 15) is 0 Å². The topological polar surface area (TPSA) is 24.9 Å². The molecule has 2 heterocycles. The van der Waals surface area contributed by atoms with Crippen LogP contribution in [0.1, 0.15) is 18.4 Å². The summed E-state index contributed by atoms with van der Waals surface area (Å²) in [6, 6.07) is 6.39. The fourth-order valence-electron chi connectivity index (χ4n) is 2.34. The van der Waals surface area contributed by atoms with E-state index in [1.165, 1.54) is 34.6 Å². The zero-order chi connectivity index (χ0) is 12.4. The first-order chi connectivity index (χ1) is 8.83. The smallest absolute Gasteiger partial charge is 0.183 e. The Morgan fingerprint density at radius 1 is 1.33 bits per heavy atom. The molecule has 0 bridgehead atoms. The lowest BCUT2D eigenvalue weighted by atomic mass is 10.0. The number of rotatable bonds is 3. The molecule has 1 fully saturated rings. The zero-order valence-corrected chi connectivity index (χ0v) is 12.2. The lowest BCUT2D eigenvalue weighted by Gasteiger charge is -2.21. The maximum absolute atomic E-state index is 4.70. The second-order valence-corrected chi connectivity index (χ2v) is 7.13. The Bertz CT molecular complexity index is 530. The van der Waals surface area contributed by atoms with Gasteiger partial charge in [-0.3, -0.25) is 0 Å². The summed E-state index contributed by atoms with van der Waals surface area (Å²) in [6.07, 6.45) is 2.70. The number of aromatic nitrogens is 1. The molecule has 0 saturated carbocycles. The van der Waals surface area contributed by atoms with Crippen LogP contribution in [0.5, 0.6) is 0 Å². The molecule has 0 atom stereocenters. The van der Waals surface area contributed by atoms with Crippen LogP contribution in [-0.2, 0) is 0 Å². The van der Waals surface area contributed by atoms with E-state index in [-0.39, 0.29) is 0 Å². The van der Waals surface area contributed by atoms with Gasteiger partial charge in [0.15, 0.2) is 5.13 Å². The molecule has 1 aliphatic heterocycles. The normalized spacial score (nSPS) is 17.2. The quantitative estimate of drug-likeness (QED) is 0.912. The molecule has 1 N–H and O–H groups in total. The molecule has 2 aromatic rings. The van der Waals surface area contributed by atoms with Gasteiger partial charge < -0.3 is 5.32 Å². The molecule has 0 spiro atoms.